The molecule has 0 fully saturated rings. The van der Waals surface area contributed by atoms with E-state index in [-0.39, 0.29) is 5.82 Å². The van der Waals surface area contributed by atoms with Crippen LogP contribution in [0.15, 0.2) is 18.2 Å². The number of aromatic nitrogens is 1. The van der Waals surface area contributed by atoms with Gasteiger partial charge >= 0.3 is 0 Å². The van der Waals surface area contributed by atoms with E-state index in [1.165, 1.54) is 6.07 Å². The molecule has 0 saturated heterocycles. The number of rotatable bonds is 1. The zero-order valence-electron chi connectivity index (χ0n) is 8.63. The Labute approximate surface area is 87.1 Å². The second-order valence-corrected chi connectivity index (χ2v) is 3.54. The SMILES string of the molecule is Cc1cc2ccc(F)c(C)c2nc1NN. The summed E-state index contributed by atoms with van der Waals surface area (Å²) in [5.74, 6) is 5.66. The summed E-state index contributed by atoms with van der Waals surface area (Å²) in [7, 11) is 0. The number of pyridine rings is 1. The quantitative estimate of drug-likeness (QED) is 0.554. The van der Waals surface area contributed by atoms with E-state index in [4.69, 9.17) is 5.84 Å². The number of fused-ring (bicyclic) bond motifs is 1. The van der Waals surface area contributed by atoms with Gasteiger partial charge in [0.05, 0.1) is 5.52 Å². The number of nitrogens with one attached hydrogen (secondary N) is 1. The molecule has 0 amide bonds. The number of benzene rings is 1. The molecule has 0 aliphatic rings. The molecule has 0 aliphatic carbocycles. The molecule has 1 aromatic carbocycles. The molecule has 0 radical (unpaired) electrons. The van der Waals surface area contributed by atoms with Crippen LogP contribution in [0.5, 0.6) is 0 Å². The van der Waals surface area contributed by atoms with E-state index in [2.05, 4.69) is 10.4 Å². The summed E-state index contributed by atoms with van der Waals surface area (Å²) in [6, 6.07) is 5.11. The summed E-state index contributed by atoms with van der Waals surface area (Å²) in [6.45, 7) is 3.61. The monoisotopic (exact) mass is 205 g/mol. The smallest absolute Gasteiger partial charge is 0.143 e. The lowest BCUT2D eigenvalue weighted by Crippen LogP contribution is -2.10. The summed E-state index contributed by atoms with van der Waals surface area (Å²) < 4.78 is 13.3. The largest absolute Gasteiger partial charge is 0.308 e. The fraction of sp³-hybridized carbons (Fsp3) is 0.182. The number of aryl methyl sites for hydroxylation is 2. The average molecular weight is 205 g/mol. The van der Waals surface area contributed by atoms with Crippen LogP contribution in [0, 0.1) is 19.7 Å². The zero-order valence-corrected chi connectivity index (χ0v) is 8.63. The van der Waals surface area contributed by atoms with Crippen LogP contribution in [0.2, 0.25) is 0 Å². The number of nitrogens with zero attached hydrogens (tertiary/aromatic N) is 1. The van der Waals surface area contributed by atoms with Crippen molar-refractivity contribution in [3.05, 3.63) is 35.1 Å². The van der Waals surface area contributed by atoms with Crippen LogP contribution in [0.4, 0.5) is 10.2 Å². The second-order valence-electron chi connectivity index (χ2n) is 3.54. The van der Waals surface area contributed by atoms with Crippen molar-refractivity contribution in [2.24, 2.45) is 5.84 Å². The maximum absolute atomic E-state index is 13.3. The van der Waals surface area contributed by atoms with Crippen LogP contribution in [0.1, 0.15) is 11.1 Å². The first-order valence-corrected chi connectivity index (χ1v) is 4.66. The van der Waals surface area contributed by atoms with Gasteiger partial charge in [0, 0.05) is 10.9 Å². The van der Waals surface area contributed by atoms with Crippen molar-refractivity contribution in [3.8, 4) is 0 Å². The average Bonchev–Trinajstić information content (AvgIpc) is 2.23. The number of hydrogen-bond donors (Lipinski definition) is 2. The predicted molar refractivity (Wildman–Crippen MR) is 59.0 cm³/mol. The minimum Gasteiger partial charge on any atom is -0.308 e. The van der Waals surface area contributed by atoms with Gasteiger partial charge in [0.2, 0.25) is 0 Å². The van der Waals surface area contributed by atoms with Crippen molar-refractivity contribution in [2.75, 3.05) is 5.43 Å². The van der Waals surface area contributed by atoms with E-state index in [0.717, 1.165) is 10.9 Å². The van der Waals surface area contributed by atoms with Gasteiger partial charge in [-0.05, 0) is 37.6 Å². The summed E-state index contributed by atoms with van der Waals surface area (Å²) >= 11 is 0. The van der Waals surface area contributed by atoms with Crippen molar-refractivity contribution in [2.45, 2.75) is 13.8 Å². The number of nitrogen functional groups attached to an aromatic ring is 1. The number of hydrogen-bond acceptors (Lipinski definition) is 3. The van der Waals surface area contributed by atoms with Crippen molar-refractivity contribution in [1.29, 1.82) is 0 Å². The summed E-state index contributed by atoms with van der Waals surface area (Å²) in [5.41, 5.74) is 4.63. The molecule has 2 rings (SSSR count). The number of halogens is 1. The van der Waals surface area contributed by atoms with E-state index in [9.17, 15) is 4.39 Å². The minimum absolute atomic E-state index is 0.248. The molecule has 1 heterocycles. The molecule has 78 valence electrons. The van der Waals surface area contributed by atoms with Gasteiger partial charge in [0.1, 0.15) is 11.6 Å². The van der Waals surface area contributed by atoms with Crippen molar-refractivity contribution < 1.29 is 4.39 Å². The first-order valence-electron chi connectivity index (χ1n) is 4.66. The predicted octanol–water partition coefficient (Wildman–Crippen LogP) is 2.28. The Hall–Kier alpha value is -1.68. The van der Waals surface area contributed by atoms with Crippen LogP contribution < -0.4 is 11.3 Å². The third-order valence-corrected chi connectivity index (χ3v) is 2.50. The Morgan fingerprint density at radius 3 is 2.73 bits per heavy atom. The second kappa shape index (κ2) is 3.47. The van der Waals surface area contributed by atoms with Crippen LogP contribution in [0.25, 0.3) is 10.9 Å². The topological polar surface area (TPSA) is 50.9 Å². The highest BCUT2D eigenvalue weighted by molar-refractivity contribution is 5.84. The Balaban J connectivity index is 2.82. The van der Waals surface area contributed by atoms with Crippen LogP contribution in [-0.4, -0.2) is 4.98 Å². The molecular weight excluding hydrogens is 193 g/mol. The minimum atomic E-state index is -0.248. The van der Waals surface area contributed by atoms with Crippen LogP contribution in [0.3, 0.4) is 0 Å². The first kappa shape index (κ1) is 9.86. The number of hydrazine groups is 1. The fourth-order valence-corrected chi connectivity index (χ4v) is 1.61. The summed E-state index contributed by atoms with van der Waals surface area (Å²) in [4.78, 5) is 4.28. The van der Waals surface area contributed by atoms with Crippen molar-refractivity contribution in [3.63, 3.8) is 0 Å². The molecule has 0 saturated carbocycles. The van der Waals surface area contributed by atoms with Crippen LogP contribution in [-0.2, 0) is 0 Å². The van der Waals surface area contributed by atoms with E-state index in [1.807, 2.05) is 13.0 Å². The molecule has 4 heteroatoms. The normalized spacial score (nSPS) is 10.7. The first-order chi connectivity index (χ1) is 7.13. The molecule has 2 aromatic rings. The molecule has 1 aromatic heterocycles. The van der Waals surface area contributed by atoms with Gasteiger partial charge in [-0.25, -0.2) is 15.2 Å². The Morgan fingerprint density at radius 2 is 2.07 bits per heavy atom. The van der Waals surface area contributed by atoms with Gasteiger partial charge in [-0.15, -0.1) is 0 Å². The van der Waals surface area contributed by atoms with Gasteiger partial charge in [-0.3, -0.25) is 0 Å². The fourth-order valence-electron chi connectivity index (χ4n) is 1.61. The maximum atomic E-state index is 13.3. The molecule has 3 N–H and O–H groups in total. The third kappa shape index (κ3) is 1.53. The summed E-state index contributed by atoms with van der Waals surface area (Å²) in [6.07, 6.45) is 0. The molecule has 15 heavy (non-hydrogen) atoms. The molecule has 0 aliphatic heterocycles. The molecule has 0 unspecified atom stereocenters. The van der Waals surface area contributed by atoms with Gasteiger partial charge in [-0.1, -0.05) is 0 Å². The van der Waals surface area contributed by atoms with E-state index in [1.54, 1.807) is 13.0 Å². The Bertz CT molecular complexity index is 523. The molecule has 0 atom stereocenters. The standard InChI is InChI=1S/C11H12FN3/c1-6-5-8-3-4-9(12)7(2)10(8)14-11(6)15-13/h3-5H,13H2,1-2H3,(H,14,15). The van der Waals surface area contributed by atoms with E-state index in [0.29, 0.717) is 16.9 Å². The van der Waals surface area contributed by atoms with E-state index >= 15 is 0 Å². The third-order valence-electron chi connectivity index (χ3n) is 2.50. The highest BCUT2D eigenvalue weighted by atomic mass is 19.1. The zero-order chi connectivity index (χ0) is 11.0. The maximum Gasteiger partial charge on any atom is 0.143 e. The van der Waals surface area contributed by atoms with Gasteiger partial charge in [-0.2, -0.15) is 0 Å². The molecule has 3 nitrogen and oxygen atoms in total. The highest BCUT2D eigenvalue weighted by Crippen LogP contribution is 2.23. The van der Waals surface area contributed by atoms with Gasteiger partial charge in [0.25, 0.3) is 0 Å². The Morgan fingerprint density at radius 1 is 1.33 bits per heavy atom. The molecule has 0 bridgehead atoms. The van der Waals surface area contributed by atoms with Gasteiger partial charge < -0.3 is 5.43 Å². The molecular formula is C11H12FN3. The number of anilines is 1. The van der Waals surface area contributed by atoms with Crippen molar-refractivity contribution in [1.82, 2.24) is 4.98 Å². The van der Waals surface area contributed by atoms with Crippen LogP contribution >= 0.6 is 0 Å². The lowest BCUT2D eigenvalue weighted by atomic mass is 10.1. The molecule has 0 spiro atoms. The lowest BCUT2D eigenvalue weighted by molar-refractivity contribution is 0.620. The lowest BCUT2D eigenvalue weighted by Gasteiger charge is -2.08. The van der Waals surface area contributed by atoms with Gasteiger partial charge in [0.15, 0.2) is 0 Å². The Kier molecular flexibility index (Phi) is 2.28. The highest BCUT2D eigenvalue weighted by Gasteiger charge is 2.07. The van der Waals surface area contributed by atoms with Crippen molar-refractivity contribution >= 4 is 16.7 Å². The summed E-state index contributed by atoms with van der Waals surface area (Å²) in [5, 5.41) is 0.922. The van der Waals surface area contributed by atoms with E-state index < -0.39 is 0 Å². The number of nitrogens with two attached hydrogens (primary N) is 1.